The summed E-state index contributed by atoms with van der Waals surface area (Å²) in [6.45, 7) is 0.884. The van der Waals surface area contributed by atoms with E-state index in [9.17, 15) is 14.7 Å². The highest BCUT2D eigenvalue weighted by atomic mass is 16.5. The molecule has 1 amide bonds. The first-order valence-corrected chi connectivity index (χ1v) is 5.36. The lowest BCUT2D eigenvalue weighted by Gasteiger charge is -2.20. The van der Waals surface area contributed by atoms with Gasteiger partial charge in [0.25, 0.3) is 5.91 Å². The second-order valence-electron chi connectivity index (χ2n) is 4.15. The van der Waals surface area contributed by atoms with E-state index in [1.807, 2.05) is 0 Å². The van der Waals surface area contributed by atoms with Crippen molar-refractivity contribution in [2.24, 2.45) is 0 Å². The fraction of sp³-hybridized carbons (Fsp3) is 0.455. The molecule has 2 rings (SSSR count). The van der Waals surface area contributed by atoms with E-state index in [1.165, 1.54) is 18.3 Å². The molecule has 0 aliphatic carbocycles. The Labute approximate surface area is 97.6 Å². The molecule has 1 aromatic rings. The Bertz CT molecular complexity index is 442. The van der Waals surface area contributed by atoms with Crippen molar-refractivity contribution in [3.05, 3.63) is 34.2 Å². The van der Waals surface area contributed by atoms with E-state index in [2.05, 4.69) is 10.3 Å². The highest BCUT2D eigenvalue weighted by Gasteiger charge is 2.32. The van der Waals surface area contributed by atoms with Gasteiger partial charge in [-0.3, -0.25) is 9.59 Å². The molecular formula is C11H14N2O4. The molecule has 6 heteroatoms. The monoisotopic (exact) mass is 238 g/mol. The average molecular weight is 238 g/mol. The summed E-state index contributed by atoms with van der Waals surface area (Å²) in [4.78, 5) is 24.9. The summed E-state index contributed by atoms with van der Waals surface area (Å²) in [6.07, 6.45) is 1.85. The van der Waals surface area contributed by atoms with Crippen LogP contribution >= 0.6 is 0 Å². The fourth-order valence-electron chi connectivity index (χ4n) is 1.63. The number of pyridine rings is 1. The molecule has 1 unspecified atom stereocenters. The van der Waals surface area contributed by atoms with Gasteiger partial charge in [-0.1, -0.05) is 0 Å². The number of aliphatic hydroxyl groups is 1. The van der Waals surface area contributed by atoms with Crippen LogP contribution in [-0.4, -0.2) is 41.4 Å². The van der Waals surface area contributed by atoms with Crippen LogP contribution in [0.4, 0.5) is 0 Å². The summed E-state index contributed by atoms with van der Waals surface area (Å²) in [5, 5.41) is 12.5. The fourth-order valence-corrected chi connectivity index (χ4v) is 1.63. The van der Waals surface area contributed by atoms with Gasteiger partial charge in [-0.15, -0.1) is 0 Å². The molecule has 1 saturated heterocycles. The maximum Gasteiger partial charge on any atom is 0.252 e. The molecule has 6 nitrogen and oxygen atoms in total. The second kappa shape index (κ2) is 4.68. The first kappa shape index (κ1) is 11.8. The van der Waals surface area contributed by atoms with Crippen LogP contribution in [0.25, 0.3) is 0 Å². The van der Waals surface area contributed by atoms with Crippen LogP contribution in [0.1, 0.15) is 16.8 Å². The predicted octanol–water partition coefficient (Wildman–Crippen LogP) is -0.744. The van der Waals surface area contributed by atoms with Gasteiger partial charge in [0.2, 0.25) is 5.56 Å². The van der Waals surface area contributed by atoms with E-state index < -0.39 is 5.60 Å². The molecule has 0 spiro atoms. The molecule has 3 N–H and O–H groups in total. The molecule has 2 heterocycles. The maximum absolute atomic E-state index is 11.7. The lowest BCUT2D eigenvalue weighted by atomic mass is 10.0. The van der Waals surface area contributed by atoms with E-state index >= 15 is 0 Å². The van der Waals surface area contributed by atoms with Crippen molar-refractivity contribution in [3.63, 3.8) is 0 Å². The Kier molecular flexibility index (Phi) is 3.26. The lowest BCUT2D eigenvalue weighted by Crippen LogP contribution is -2.43. The van der Waals surface area contributed by atoms with Crippen molar-refractivity contribution in [2.45, 2.75) is 12.0 Å². The molecule has 17 heavy (non-hydrogen) atoms. The Morgan fingerprint density at radius 2 is 2.41 bits per heavy atom. The Hall–Kier alpha value is -1.66. The zero-order valence-corrected chi connectivity index (χ0v) is 9.23. The summed E-state index contributed by atoms with van der Waals surface area (Å²) in [5.74, 6) is -0.332. The maximum atomic E-state index is 11.7. The number of rotatable bonds is 3. The Morgan fingerprint density at radius 1 is 1.59 bits per heavy atom. The summed E-state index contributed by atoms with van der Waals surface area (Å²) in [5.41, 5.74) is -0.880. The highest BCUT2D eigenvalue weighted by molar-refractivity contribution is 5.93. The minimum Gasteiger partial charge on any atom is -0.386 e. The smallest absolute Gasteiger partial charge is 0.252 e. The van der Waals surface area contributed by atoms with Crippen LogP contribution in [0.3, 0.4) is 0 Å². The number of carbonyl (C=O) groups is 1. The van der Waals surface area contributed by atoms with Crippen LogP contribution in [0, 0.1) is 0 Å². The molecule has 0 radical (unpaired) electrons. The summed E-state index contributed by atoms with van der Waals surface area (Å²) >= 11 is 0. The molecule has 0 bridgehead atoms. The molecule has 1 aromatic heterocycles. The van der Waals surface area contributed by atoms with Crippen molar-refractivity contribution < 1.29 is 14.6 Å². The lowest BCUT2D eigenvalue weighted by molar-refractivity contribution is 0.0264. The number of ether oxygens (including phenoxy) is 1. The van der Waals surface area contributed by atoms with Gasteiger partial charge in [0, 0.05) is 31.8 Å². The first-order chi connectivity index (χ1) is 8.09. The minimum atomic E-state index is -0.974. The van der Waals surface area contributed by atoms with Crippen molar-refractivity contribution in [2.75, 3.05) is 19.8 Å². The van der Waals surface area contributed by atoms with Crippen LogP contribution in [0.15, 0.2) is 23.1 Å². The predicted molar refractivity (Wildman–Crippen MR) is 59.8 cm³/mol. The van der Waals surface area contributed by atoms with Crippen molar-refractivity contribution in [1.82, 2.24) is 10.3 Å². The number of H-pyrrole nitrogens is 1. The number of hydrogen-bond donors (Lipinski definition) is 3. The van der Waals surface area contributed by atoms with Gasteiger partial charge >= 0.3 is 0 Å². The molecule has 1 aliphatic rings. The van der Waals surface area contributed by atoms with E-state index in [4.69, 9.17) is 4.74 Å². The van der Waals surface area contributed by atoms with Gasteiger partial charge in [-0.05, 0) is 6.07 Å². The minimum absolute atomic E-state index is 0.144. The molecule has 0 saturated carbocycles. The third-order valence-corrected chi connectivity index (χ3v) is 2.71. The third kappa shape index (κ3) is 2.92. The van der Waals surface area contributed by atoms with Crippen LogP contribution < -0.4 is 10.9 Å². The number of hydrogen-bond acceptors (Lipinski definition) is 4. The number of amides is 1. The molecule has 1 aliphatic heterocycles. The molecular weight excluding hydrogens is 224 g/mol. The quantitative estimate of drug-likeness (QED) is 0.646. The number of carbonyl (C=O) groups excluding carboxylic acids is 1. The molecule has 0 aromatic carbocycles. The van der Waals surface area contributed by atoms with Crippen LogP contribution in [0.5, 0.6) is 0 Å². The van der Waals surface area contributed by atoms with Crippen molar-refractivity contribution >= 4 is 5.91 Å². The largest absolute Gasteiger partial charge is 0.386 e. The second-order valence-corrected chi connectivity index (χ2v) is 4.15. The van der Waals surface area contributed by atoms with Gasteiger partial charge in [-0.25, -0.2) is 0 Å². The van der Waals surface area contributed by atoms with E-state index in [-0.39, 0.29) is 24.6 Å². The van der Waals surface area contributed by atoms with Crippen molar-refractivity contribution in [3.8, 4) is 0 Å². The van der Waals surface area contributed by atoms with E-state index in [0.29, 0.717) is 18.6 Å². The molecule has 1 fully saturated rings. The van der Waals surface area contributed by atoms with E-state index in [1.54, 1.807) is 0 Å². The average Bonchev–Trinajstić information content (AvgIpc) is 2.75. The summed E-state index contributed by atoms with van der Waals surface area (Å²) < 4.78 is 5.07. The van der Waals surface area contributed by atoms with Gasteiger partial charge in [0.1, 0.15) is 5.60 Å². The summed E-state index contributed by atoms with van der Waals surface area (Å²) in [6, 6.07) is 2.71. The standard InChI is InChI=1S/C11H14N2O4/c14-9-2-1-8(5-12-9)10(15)13-6-11(16)3-4-17-7-11/h1-2,5,16H,3-4,6-7H2,(H,12,14)(H,13,15). The Morgan fingerprint density at radius 3 is 3.00 bits per heavy atom. The third-order valence-electron chi connectivity index (χ3n) is 2.71. The highest BCUT2D eigenvalue weighted by Crippen LogP contribution is 2.16. The Balaban J connectivity index is 1.93. The van der Waals surface area contributed by atoms with Crippen molar-refractivity contribution in [1.29, 1.82) is 0 Å². The number of aromatic nitrogens is 1. The van der Waals surface area contributed by atoms with Crippen LogP contribution in [-0.2, 0) is 4.74 Å². The SMILES string of the molecule is O=C(NCC1(O)CCOC1)c1ccc(=O)[nH]c1. The number of aromatic amines is 1. The van der Waals surface area contributed by atoms with Gasteiger partial charge < -0.3 is 20.1 Å². The first-order valence-electron chi connectivity index (χ1n) is 5.36. The van der Waals surface area contributed by atoms with Gasteiger partial charge in [-0.2, -0.15) is 0 Å². The molecule has 92 valence electrons. The van der Waals surface area contributed by atoms with Gasteiger partial charge in [0.05, 0.1) is 12.2 Å². The topological polar surface area (TPSA) is 91.4 Å². The normalized spacial score (nSPS) is 23.6. The van der Waals surface area contributed by atoms with E-state index in [0.717, 1.165) is 0 Å². The molecule has 1 atom stereocenters. The van der Waals surface area contributed by atoms with Crippen LogP contribution in [0.2, 0.25) is 0 Å². The number of nitrogens with one attached hydrogen (secondary N) is 2. The summed E-state index contributed by atoms with van der Waals surface area (Å²) in [7, 11) is 0. The van der Waals surface area contributed by atoms with Gasteiger partial charge in [0.15, 0.2) is 0 Å². The zero-order valence-electron chi connectivity index (χ0n) is 9.23. The zero-order chi connectivity index (χ0) is 12.3.